The summed E-state index contributed by atoms with van der Waals surface area (Å²) in [6, 6.07) is 13.2. The predicted molar refractivity (Wildman–Crippen MR) is 99.3 cm³/mol. The lowest BCUT2D eigenvalue weighted by Crippen LogP contribution is -2.22. The van der Waals surface area contributed by atoms with Gasteiger partial charge in [-0.2, -0.15) is 0 Å². The lowest BCUT2D eigenvalue weighted by Gasteiger charge is -2.12. The van der Waals surface area contributed by atoms with Crippen molar-refractivity contribution in [3.8, 4) is 11.4 Å². The zero-order valence-electron chi connectivity index (χ0n) is 14.1. The molecule has 1 aromatic carbocycles. The molecule has 0 aliphatic heterocycles. The zero-order valence-corrected chi connectivity index (χ0v) is 14.9. The first kappa shape index (κ1) is 17.2. The number of anilines is 1. The number of carbonyl (C=O) groups excluding carboxylic acids is 1. The van der Waals surface area contributed by atoms with E-state index in [1.54, 1.807) is 12.4 Å². The van der Waals surface area contributed by atoms with Gasteiger partial charge in [0.15, 0.2) is 11.0 Å². The Balaban J connectivity index is 1.74. The second kappa shape index (κ2) is 7.94. The Morgan fingerprint density at radius 1 is 1.16 bits per heavy atom. The maximum atomic E-state index is 12.4. The van der Waals surface area contributed by atoms with Crippen molar-refractivity contribution in [2.24, 2.45) is 0 Å². The Hall–Kier alpha value is -2.67. The molecule has 0 radical (unpaired) electrons. The second-order valence-electron chi connectivity index (χ2n) is 5.40. The van der Waals surface area contributed by atoms with Crippen molar-refractivity contribution < 1.29 is 4.79 Å². The lowest BCUT2D eigenvalue weighted by molar-refractivity contribution is -0.115. The van der Waals surface area contributed by atoms with Gasteiger partial charge in [-0.3, -0.25) is 9.78 Å². The Morgan fingerprint density at radius 2 is 1.88 bits per heavy atom. The molecule has 1 N–H and O–H groups in total. The summed E-state index contributed by atoms with van der Waals surface area (Å²) in [5, 5.41) is 11.9. The summed E-state index contributed by atoms with van der Waals surface area (Å²) in [5.41, 5.74) is 1.74. The molecule has 2 heterocycles. The molecular formula is C18H19N5OS. The summed E-state index contributed by atoms with van der Waals surface area (Å²) in [6.45, 7) is 4.62. The summed E-state index contributed by atoms with van der Waals surface area (Å²) < 4.78 is 2.01. The molecule has 0 aliphatic rings. The highest BCUT2D eigenvalue weighted by Gasteiger charge is 2.20. The topological polar surface area (TPSA) is 72.7 Å². The summed E-state index contributed by atoms with van der Waals surface area (Å²) in [4.78, 5) is 16.4. The van der Waals surface area contributed by atoms with Crippen molar-refractivity contribution in [2.45, 2.75) is 30.8 Å². The average molecular weight is 353 g/mol. The number of rotatable bonds is 6. The number of benzene rings is 1. The minimum Gasteiger partial charge on any atom is -0.325 e. The van der Waals surface area contributed by atoms with Gasteiger partial charge in [0.2, 0.25) is 5.91 Å². The normalized spacial score (nSPS) is 11.9. The van der Waals surface area contributed by atoms with E-state index >= 15 is 0 Å². The van der Waals surface area contributed by atoms with Gasteiger partial charge in [0, 0.05) is 30.2 Å². The SMILES string of the molecule is CCn1c(SC(C)C(=O)Nc2ccccc2)nnc1-c1ccncc1. The number of hydrogen-bond donors (Lipinski definition) is 1. The van der Waals surface area contributed by atoms with Gasteiger partial charge in [-0.25, -0.2) is 0 Å². The fraction of sp³-hybridized carbons (Fsp3) is 0.222. The van der Waals surface area contributed by atoms with Crippen LogP contribution in [0.5, 0.6) is 0 Å². The Morgan fingerprint density at radius 3 is 2.56 bits per heavy atom. The van der Waals surface area contributed by atoms with Gasteiger partial charge in [0.1, 0.15) is 0 Å². The van der Waals surface area contributed by atoms with E-state index in [9.17, 15) is 4.79 Å². The molecule has 0 fully saturated rings. The first-order chi connectivity index (χ1) is 12.2. The van der Waals surface area contributed by atoms with Crippen molar-refractivity contribution >= 4 is 23.4 Å². The van der Waals surface area contributed by atoms with Gasteiger partial charge in [-0.05, 0) is 38.1 Å². The zero-order chi connectivity index (χ0) is 17.6. The Bertz CT molecular complexity index is 835. The quantitative estimate of drug-likeness (QED) is 0.687. The van der Waals surface area contributed by atoms with Gasteiger partial charge < -0.3 is 9.88 Å². The van der Waals surface area contributed by atoms with Crippen LogP contribution >= 0.6 is 11.8 Å². The van der Waals surface area contributed by atoms with E-state index in [2.05, 4.69) is 20.5 Å². The molecule has 0 saturated carbocycles. The maximum Gasteiger partial charge on any atom is 0.237 e. The fourth-order valence-electron chi connectivity index (χ4n) is 2.35. The van der Waals surface area contributed by atoms with E-state index in [0.717, 1.165) is 28.8 Å². The van der Waals surface area contributed by atoms with Crippen molar-refractivity contribution in [2.75, 3.05) is 5.32 Å². The number of thioether (sulfide) groups is 1. The monoisotopic (exact) mass is 353 g/mol. The van der Waals surface area contributed by atoms with Gasteiger partial charge >= 0.3 is 0 Å². The van der Waals surface area contributed by atoms with Crippen LogP contribution in [0.15, 0.2) is 60.0 Å². The molecule has 3 aromatic rings. The number of aromatic nitrogens is 4. The molecule has 7 heteroatoms. The van der Waals surface area contributed by atoms with E-state index in [0.29, 0.717) is 0 Å². The summed E-state index contributed by atoms with van der Waals surface area (Å²) in [7, 11) is 0. The predicted octanol–water partition coefficient (Wildman–Crippen LogP) is 3.48. The standard InChI is InChI=1S/C18H19N5OS/c1-3-23-16(14-9-11-19-12-10-14)21-22-18(23)25-13(2)17(24)20-15-7-5-4-6-8-15/h4-13H,3H2,1-2H3,(H,20,24). The first-order valence-electron chi connectivity index (χ1n) is 8.05. The summed E-state index contributed by atoms with van der Waals surface area (Å²) in [6.07, 6.45) is 3.46. The maximum absolute atomic E-state index is 12.4. The molecule has 1 unspecified atom stereocenters. The molecular weight excluding hydrogens is 334 g/mol. The molecule has 0 bridgehead atoms. The van der Waals surface area contributed by atoms with Crippen LogP contribution in [-0.2, 0) is 11.3 Å². The molecule has 1 amide bonds. The minimum absolute atomic E-state index is 0.0627. The van der Waals surface area contributed by atoms with Gasteiger partial charge in [-0.1, -0.05) is 30.0 Å². The van der Waals surface area contributed by atoms with Crippen molar-refractivity contribution in [1.82, 2.24) is 19.7 Å². The van der Waals surface area contributed by atoms with Gasteiger partial charge in [0.25, 0.3) is 0 Å². The third kappa shape index (κ3) is 4.06. The molecule has 0 aliphatic carbocycles. The van der Waals surface area contributed by atoms with Crippen molar-refractivity contribution in [3.63, 3.8) is 0 Å². The van der Waals surface area contributed by atoms with E-state index in [-0.39, 0.29) is 11.2 Å². The molecule has 2 aromatic heterocycles. The van der Waals surface area contributed by atoms with E-state index in [4.69, 9.17) is 0 Å². The Labute approximate surface area is 150 Å². The first-order valence-corrected chi connectivity index (χ1v) is 8.93. The highest BCUT2D eigenvalue weighted by Crippen LogP contribution is 2.27. The summed E-state index contributed by atoms with van der Waals surface area (Å²) >= 11 is 1.40. The third-order valence-corrected chi connectivity index (χ3v) is 4.74. The average Bonchev–Trinajstić information content (AvgIpc) is 3.05. The van der Waals surface area contributed by atoms with E-state index in [1.807, 2.05) is 60.9 Å². The minimum atomic E-state index is -0.292. The smallest absolute Gasteiger partial charge is 0.237 e. The van der Waals surface area contributed by atoms with Gasteiger partial charge in [0.05, 0.1) is 5.25 Å². The molecule has 0 saturated heterocycles. The van der Waals surface area contributed by atoms with Crippen LogP contribution in [0.1, 0.15) is 13.8 Å². The number of nitrogens with one attached hydrogen (secondary N) is 1. The van der Waals surface area contributed by atoms with Crippen LogP contribution < -0.4 is 5.32 Å². The third-order valence-electron chi connectivity index (χ3n) is 3.66. The molecule has 0 spiro atoms. The lowest BCUT2D eigenvalue weighted by atomic mass is 10.2. The number of pyridine rings is 1. The van der Waals surface area contributed by atoms with Crippen LogP contribution in [0.25, 0.3) is 11.4 Å². The van der Waals surface area contributed by atoms with Gasteiger partial charge in [-0.15, -0.1) is 10.2 Å². The van der Waals surface area contributed by atoms with Crippen LogP contribution in [0.4, 0.5) is 5.69 Å². The molecule has 25 heavy (non-hydrogen) atoms. The van der Waals surface area contributed by atoms with Crippen molar-refractivity contribution in [3.05, 3.63) is 54.9 Å². The highest BCUT2D eigenvalue weighted by molar-refractivity contribution is 8.00. The van der Waals surface area contributed by atoms with Crippen LogP contribution in [0.3, 0.4) is 0 Å². The molecule has 128 valence electrons. The number of para-hydroxylation sites is 1. The van der Waals surface area contributed by atoms with Crippen LogP contribution in [0.2, 0.25) is 0 Å². The largest absolute Gasteiger partial charge is 0.325 e. The number of hydrogen-bond acceptors (Lipinski definition) is 5. The second-order valence-corrected chi connectivity index (χ2v) is 6.71. The number of carbonyl (C=O) groups is 1. The number of amides is 1. The van der Waals surface area contributed by atoms with Crippen LogP contribution in [-0.4, -0.2) is 30.9 Å². The Kier molecular flexibility index (Phi) is 5.45. The highest BCUT2D eigenvalue weighted by atomic mass is 32.2. The molecule has 1 atom stereocenters. The molecule has 3 rings (SSSR count). The molecule has 6 nitrogen and oxygen atoms in total. The van der Waals surface area contributed by atoms with E-state index in [1.165, 1.54) is 11.8 Å². The van der Waals surface area contributed by atoms with Crippen molar-refractivity contribution in [1.29, 1.82) is 0 Å². The number of nitrogens with zero attached hydrogens (tertiary/aromatic N) is 4. The fourth-order valence-corrected chi connectivity index (χ4v) is 3.27. The van der Waals surface area contributed by atoms with E-state index < -0.39 is 0 Å². The van der Waals surface area contributed by atoms with Crippen LogP contribution in [0, 0.1) is 0 Å². The summed E-state index contributed by atoms with van der Waals surface area (Å²) in [5.74, 6) is 0.718.